The molecule has 0 bridgehead atoms. The minimum Gasteiger partial charge on any atom is -0.383 e. The molecule has 22 heavy (non-hydrogen) atoms. The zero-order valence-corrected chi connectivity index (χ0v) is 13.3. The van der Waals surface area contributed by atoms with E-state index in [0.717, 1.165) is 0 Å². The summed E-state index contributed by atoms with van der Waals surface area (Å²) in [5.41, 5.74) is 0.637. The molecule has 1 aromatic heterocycles. The third-order valence-corrected chi connectivity index (χ3v) is 3.53. The van der Waals surface area contributed by atoms with Crippen molar-refractivity contribution in [2.45, 2.75) is 0 Å². The van der Waals surface area contributed by atoms with Crippen molar-refractivity contribution in [2.75, 3.05) is 30.9 Å². The van der Waals surface area contributed by atoms with E-state index < -0.39 is 5.91 Å². The first kappa shape index (κ1) is 16.5. The Kier molecular flexibility index (Phi) is 5.94. The SMILES string of the molecule is COCCNc1cc(C(=O)Nc2cccc(Cl)c2Cl)ncn1. The highest BCUT2D eigenvalue weighted by Crippen LogP contribution is 2.29. The van der Waals surface area contributed by atoms with Crippen LogP contribution in [0.25, 0.3) is 0 Å². The van der Waals surface area contributed by atoms with E-state index in [-0.39, 0.29) is 10.7 Å². The van der Waals surface area contributed by atoms with Crippen molar-refractivity contribution in [3.05, 3.63) is 46.3 Å². The highest BCUT2D eigenvalue weighted by molar-refractivity contribution is 6.44. The summed E-state index contributed by atoms with van der Waals surface area (Å²) in [5, 5.41) is 6.33. The second-order valence-corrected chi connectivity index (χ2v) is 5.05. The van der Waals surface area contributed by atoms with Crippen LogP contribution in [0, 0.1) is 0 Å². The van der Waals surface area contributed by atoms with Gasteiger partial charge in [0.1, 0.15) is 17.8 Å². The number of ether oxygens (including phenoxy) is 1. The van der Waals surface area contributed by atoms with E-state index in [1.165, 1.54) is 6.33 Å². The standard InChI is InChI=1S/C14H14Cl2N4O2/c1-22-6-5-17-12-7-11(18-8-19-12)14(21)20-10-4-2-3-9(15)13(10)16/h2-4,7-8H,5-6H2,1H3,(H,20,21)(H,17,18,19). The summed E-state index contributed by atoms with van der Waals surface area (Å²) in [6, 6.07) is 6.54. The highest BCUT2D eigenvalue weighted by Gasteiger charge is 2.12. The lowest BCUT2D eigenvalue weighted by Gasteiger charge is -2.09. The van der Waals surface area contributed by atoms with E-state index in [1.54, 1.807) is 31.4 Å². The summed E-state index contributed by atoms with van der Waals surface area (Å²) in [6.45, 7) is 1.11. The van der Waals surface area contributed by atoms with Crippen LogP contribution in [0.3, 0.4) is 0 Å². The van der Waals surface area contributed by atoms with E-state index in [0.29, 0.717) is 29.7 Å². The van der Waals surface area contributed by atoms with Crippen LogP contribution in [0.1, 0.15) is 10.5 Å². The van der Waals surface area contributed by atoms with Gasteiger partial charge in [0.05, 0.1) is 22.3 Å². The number of aromatic nitrogens is 2. The Hall–Kier alpha value is -1.89. The van der Waals surface area contributed by atoms with Crippen LogP contribution in [-0.2, 0) is 4.74 Å². The second kappa shape index (κ2) is 7.93. The van der Waals surface area contributed by atoms with Crippen LogP contribution in [0.15, 0.2) is 30.6 Å². The van der Waals surface area contributed by atoms with Gasteiger partial charge in [0, 0.05) is 19.7 Å². The van der Waals surface area contributed by atoms with Crippen LogP contribution in [-0.4, -0.2) is 36.1 Å². The molecule has 0 fully saturated rings. The van der Waals surface area contributed by atoms with Crippen molar-refractivity contribution in [3.63, 3.8) is 0 Å². The summed E-state index contributed by atoms with van der Waals surface area (Å²) in [7, 11) is 1.61. The third-order valence-electron chi connectivity index (χ3n) is 2.71. The summed E-state index contributed by atoms with van der Waals surface area (Å²) in [5.74, 6) is 0.135. The van der Waals surface area contributed by atoms with Crippen molar-refractivity contribution in [3.8, 4) is 0 Å². The Bertz CT molecular complexity index is 667. The van der Waals surface area contributed by atoms with E-state index >= 15 is 0 Å². The predicted molar refractivity (Wildman–Crippen MR) is 86.8 cm³/mol. The highest BCUT2D eigenvalue weighted by atomic mass is 35.5. The van der Waals surface area contributed by atoms with Gasteiger partial charge in [0.25, 0.3) is 5.91 Å². The van der Waals surface area contributed by atoms with Crippen LogP contribution in [0.5, 0.6) is 0 Å². The number of hydrogen-bond acceptors (Lipinski definition) is 5. The Morgan fingerprint density at radius 3 is 2.91 bits per heavy atom. The maximum absolute atomic E-state index is 12.2. The average Bonchev–Trinajstić information content (AvgIpc) is 2.52. The summed E-state index contributed by atoms with van der Waals surface area (Å²) >= 11 is 11.9. The van der Waals surface area contributed by atoms with Gasteiger partial charge >= 0.3 is 0 Å². The smallest absolute Gasteiger partial charge is 0.274 e. The number of hydrogen-bond donors (Lipinski definition) is 2. The van der Waals surface area contributed by atoms with Gasteiger partial charge in [-0.3, -0.25) is 4.79 Å². The normalized spacial score (nSPS) is 10.3. The van der Waals surface area contributed by atoms with E-state index in [9.17, 15) is 4.79 Å². The van der Waals surface area contributed by atoms with Crippen LogP contribution in [0.4, 0.5) is 11.5 Å². The van der Waals surface area contributed by atoms with Gasteiger partial charge in [-0.05, 0) is 12.1 Å². The molecule has 0 spiro atoms. The molecular weight excluding hydrogens is 327 g/mol. The van der Waals surface area contributed by atoms with Crippen LogP contribution in [0.2, 0.25) is 10.0 Å². The number of amides is 1. The fraction of sp³-hybridized carbons (Fsp3) is 0.214. The van der Waals surface area contributed by atoms with Crippen molar-refractivity contribution in [1.29, 1.82) is 0 Å². The summed E-state index contributed by atoms with van der Waals surface area (Å²) in [4.78, 5) is 20.2. The van der Waals surface area contributed by atoms with Gasteiger partial charge in [-0.25, -0.2) is 9.97 Å². The Morgan fingerprint density at radius 1 is 1.32 bits per heavy atom. The number of methoxy groups -OCH3 is 1. The minimum atomic E-state index is -0.402. The van der Waals surface area contributed by atoms with Crippen molar-refractivity contribution in [2.24, 2.45) is 0 Å². The van der Waals surface area contributed by atoms with E-state index in [1.807, 2.05) is 0 Å². The molecule has 2 aromatic rings. The molecule has 1 amide bonds. The molecule has 6 nitrogen and oxygen atoms in total. The molecule has 2 N–H and O–H groups in total. The number of carbonyl (C=O) groups is 1. The van der Waals surface area contributed by atoms with E-state index in [2.05, 4.69) is 20.6 Å². The van der Waals surface area contributed by atoms with Crippen LogP contribution >= 0.6 is 23.2 Å². The van der Waals surface area contributed by atoms with Crippen LogP contribution < -0.4 is 10.6 Å². The van der Waals surface area contributed by atoms with Gasteiger partial charge in [-0.2, -0.15) is 0 Å². The van der Waals surface area contributed by atoms with Gasteiger partial charge in [0.2, 0.25) is 0 Å². The molecular formula is C14H14Cl2N4O2. The maximum atomic E-state index is 12.2. The topological polar surface area (TPSA) is 76.1 Å². The molecule has 0 aliphatic rings. The Balaban J connectivity index is 2.09. The number of nitrogens with one attached hydrogen (secondary N) is 2. The Morgan fingerprint density at radius 2 is 2.14 bits per heavy atom. The van der Waals surface area contributed by atoms with E-state index in [4.69, 9.17) is 27.9 Å². The molecule has 1 heterocycles. The molecule has 0 aliphatic heterocycles. The third kappa shape index (κ3) is 4.30. The molecule has 8 heteroatoms. The summed E-state index contributed by atoms with van der Waals surface area (Å²) in [6.07, 6.45) is 1.31. The number of carbonyl (C=O) groups excluding carboxylic acids is 1. The molecule has 0 saturated heterocycles. The Labute approximate surface area is 137 Å². The number of nitrogens with zero attached hydrogens (tertiary/aromatic N) is 2. The molecule has 1 aromatic carbocycles. The van der Waals surface area contributed by atoms with Gasteiger partial charge in [-0.15, -0.1) is 0 Å². The zero-order valence-electron chi connectivity index (χ0n) is 11.8. The number of halogens is 2. The maximum Gasteiger partial charge on any atom is 0.274 e. The largest absolute Gasteiger partial charge is 0.383 e. The van der Waals surface area contributed by atoms with Crippen molar-refractivity contribution < 1.29 is 9.53 Å². The molecule has 0 radical (unpaired) electrons. The fourth-order valence-corrected chi connectivity index (χ4v) is 1.99. The zero-order chi connectivity index (χ0) is 15.9. The first-order valence-electron chi connectivity index (χ1n) is 6.42. The lowest BCUT2D eigenvalue weighted by atomic mass is 10.3. The van der Waals surface area contributed by atoms with Crippen molar-refractivity contribution in [1.82, 2.24) is 9.97 Å². The number of anilines is 2. The number of rotatable bonds is 6. The van der Waals surface area contributed by atoms with Gasteiger partial charge in [-0.1, -0.05) is 29.3 Å². The summed E-state index contributed by atoms with van der Waals surface area (Å²) < 4.78 is 4.93. The molecule has 2 rings (SSSR count). The lowest BCUT2D eigenvalue weighted by Crippen LogP contribution is -2.15. The van der Waals surface area contributed by atoms with Gasteiger partial charge < -0.3 is 15.4 Å². The number of benzene rings is 1. The molecule has 0 saturated carbocycles. The first-order valence-corrected chi connectivity index (χ1v) is 7.17. The minimum absolute atomic E-state index is 0.214. The lowest BCUT2D eigenvalue weighted by molar-refractivity contribution is 0.102. The second-order valence-electron chi connectivity index (χ2n) is 4.26. The fourth-order valence-electron chi connectivity index (χ4n) is 1.65. The van der Waals surface area contributed by atoms with Crippen molar-refractivity contribution >= 4 is 40.6 Å². The van der Waals surface area contributed by atoms with Gasteiger partial charge in [0.15, 0.2) is 0 Å². The molecule has 0 aliphatic carbocycles. The molecule has 116 valence electrons. The average molecular weight is 341 g/mol. The monoisotopic (exact) mass is 340 g/mol. The first-order chi connectivity index (χ1) is 10.6. The molecule has 0 unspecified atom stereocenters. The predicted octanol–water partition coefficient (Wildman–Crippen LogP) is 3.09. The quantitative estimate of drug-likeness (QED) is 0.790. The molecule has 0 atom stereocenters.